The largest absolute Gasteiger partial charge is 0.491 e. The summed E-state index contributed by atoms with van der Waals surface area (Å²) in [4.78, 5) is 32.8. The second-order valence-electron chi connectivity index (χ2n) is 8.97. The van der Waals surface area contributed by atoms with Gasteiger partial charge >= 0.3 is 0 Å². The summed E-state index contributed by atoms with van der Waals surface area (Å²) in [6, 6.07) is 5.62. The number of hydrogen-bond donors (Lipinski definition) is 2. The molecule has 32 heavy (non-hydrogen) atoms. The number of benzene rings is 1. The van der Waals surface area contributed by atoms with Crippen LogP contribution < -0.4 is 10.1 Å². The maximum Gasteiger partial charge on any atom is 0.251 e. The Labute approximate surface area is 189 Å². The average molecular weight is 443 g/mol. The zero-order valence-corrected chi connectivity index (χ0v) is 18.9. The second kappa shape index (κ2) is 10.3. The maximum absolute atomic E-state index is 12.4. The van der Waals surface area contributed by atoms with Gasteiger partial charge < -0.3 is 19.6 Å². The van der Waals surface area contributed by atoms with E-state index in [1.165, 1.54) is 19.3 Å². The molecule has 8 heteroatoms. The van der Waals surface area contributed by atoms with Crippen LogP contribution in [0.5, 0.6) is 5.75 Å². The molecule has 1 aliphatic carbocycles. The van der Waals surface area contributed by atoms with Crippen LogP contribution in [0.2, 0.25) is 0 Å². The highest BCUT2D eigenvalue weighted by Gasteiger charge is 2.39. The highest BCUT2D eigenvalue weighted by molar-refractivity contribution is 6.08. The molecule has 1 aromatic carbocycles. The first-order chi connectivity index (χ1) is 15.6. The van der Waals surface area contributed by atoms with Crippen molar-refractivity contribution in [2.24, 2.45) is 4.99 Å². The number of rotatable bonds is 9. The van der Waals surface area contributed by atoms with Crippen LogP contribution in [0.15, 0.2) is 23.2 Å². The van der Waals surface area contributed by atoms with Crippen molar-refractivity contribution in [3.63, 3.8) is 0 Å². The van der Waals surface area contributed by atoms with E-state index in [4.69, 9.17) is 4.74 Å². The molecule has 174 valence electrons. The van der Waals surface area contributed by atoms with Crippen molar-refractivity contribution in [3.8, 4) is 5.75 Å². The second-order valence-corrected chi connectivity index (χ2v) is 8.97. The van der Waals surface area contributed by atoms with E-state index in [1.54, 1.807) is 4.90 Å². The number of nitrogens with zero attached hydrogens (tertiary/aromatic N) is 3. The van der Waals surface area contributed by atoms with Crippen LogP contribution in [-0.4, -0.2) is 65.0 Å². The lowest BCUT2D eigenvalue weighted by Crippen LogP contribution is -2.39. The van der Waals surface area contributed by atoms with Crippen molar-refractivity contribution < 1.29 is 19.4 Å². The van der Waals surface area contributed by atoms with E-state index in [0.29, 0.717) is 37.3 Å². The third kappa shape index (κ3) is 4.90. The zero-order chi connectivity index (χ0) is 22.5. The third-order valence-corrected chi connectivity index (χ3v) is 6.81. The first-order valence-electron chi connectivity index (χ1n) is 11.9. The van der Waals surface area contributed by atoms with Gasteiger partial charge in [0.2, 0.25) is 11.9 Å². The number of carbonyl (C=O) groups excluding carboxylic acids is 2. The summed E-state index contributed by atoms with van der Waals surface area (Å²) in [6.07, 6.45) is 9.34. The van der Waals surface area contributed by atoms with Gasteiger partial charge in [0, 0.05) is 31.6 Å². The topological polar surface area (TPSA) is 94.5 Å². The Morgan fingerprint density at radius 1 is 1.25 bits per heavy atom. The molecule has 2 N–H and O–H groups in total. The number of unbranched alkanes of at least 4 members (excludes halogenated alkanes) is 2. The van der Waals surface area contributed by atoms with Gasteiger partial charge in [-0.2, -0.15) is 0 Å². The zero-order valence-electron chi connectivity index (χ0n) is 18.9. The highest BCUT2D eigenvalue weighted by atomic mass is 16.5. The lowest BCUT2D eigenvalue weighted by Gasteiger charge is -2.31. The van der Waals surface area contributed by atoms with Crippen LogP contribution in [0, 0.1) is 0 Å². The summed E-state index contributed by atoms with van der Waals surface area (Å²) >= 11 is 0. The number of carbonyl (C=O) groups is 2. The molecular formula is C24H34N4O4. The number of nitrogens with one attached hydrogen (secondary N) is 1. The number of hydrogen-bond acceptors (Lipinski definition) is 6. The predicted molar refractivity (Wildman–Crippen MR) is 122 cm³/mol. The van der Waals surface area contributed by atoms with E-state index in [-0.39, 0.29) is 18.4 Å². The number of fused-ring (bicyclic) bond motifs is 2. The number of ether oxygens (including phenoxy) is 1. The minimum absolute atomic E-state index is 0.231. The number of aliphatic imine (C=N–C) groups is 1. The molecule has 0 radical (unpaired) electrons. The number of aliphatic hydroxyl groups is 1. The maximum atomic E-state index is 12.4. The van der Waals surface area contributed by atoms with Crippen molar-refractivity contribution in [2.45, 2.75) is 76.4 Å². The van der Waals surface area contributed by atoms with Gasteiger partial charge in [-0.3, -0.25) is 14.9 Å². The smallest absolute Gasteiger partial charge is 0.251 e. The molecule has 0 aromatic heterocycles. The number of para-hydroxylation sites is 1. The summed E-state index contributed by atoms with van der Waals surface area (Å²) in [7, 11) is 1.96. The van der Waals surface area contributed by atoms with E-state index in [9.17, 15) is 14.7 Å². The van der Waals surface area contributed by atoms with Crippen molar-refractivity contribution in [1.29, 1.82) is 0 Å². The van der Waals surface area contributed by atoms with Crippen molar-refractivity contribution in [3.05, 3.63) is 23.8 Å². The SMILES string of the molecule is CN(C(=O)CCCCCOc1cccc2c1N=C1NC(=O)C(CO)N1C2)C1CCCCC1. The van der Waals surface area contributed by atoms with Crippen molar-refractivity contribution in [1.82, 2.24) is 15.1 Å². The number of amides is 2. The van der Waals surface area contributed by atoms with E-state index in [2.05, 4.69) is 10.3 Å². The van der Waals surface area contributed by atoms with Crippen LogP contribution in [0.3, 0.4) is 0 Å². The van der Waals surface area contributed by atoms with Gasteiger partial charge in [-0.15, -0.1) is 0 Å². The van der Waals surface area contributed by atoms with Gasteiger partial charge in [0.05, 0.1) is 13.2 Å². The monoisotopic (exact) mass is 442 g/mol. The molecule has 2 aliphatic heterocycles. The summed E-state index contributed by atoms with van der Waals surface area (Å²) in [5, 5.41) is 12.2. The van der Waals surface area contributed by atoms with Crippen LogP contribution in [-0.2, 0) is 16.1 Å². The lowest BCUT2D eigenvalue weighted by molar-refractivity contribution is -0.132. The summed E-state index contributed by atoms with van der Waals surface area (Å²) < 4.78 is 6.00. The molecule has 1 saturated heterocycles. The minimum atomic E-state index is -0.591. The minimum Gasteiger partial charge on any atom is -0.491 e. The van der Waals surface area contributed by atoms with E-state index < -0.39 is 6.04 Å². The van der Waals surface area contributed by atoms with E-state index in [1.807, 2.05) is 30.1 Å². The molecule has 2 heterocycles. The lowest BCUT2D eigenvalue weighted by atomic mass is 9.94. The highest BCUT2D eigenvalue weighted by Crippen LogP contribution is 2.37. The van der Waals surface area contributed by atoms with Crippen LogP contribution in [0.25, 0.3) is 0 Å². The van der Waals surface area contributed by atoms with Crippen molar-refractivity contribution >= 4 is 23.5 Å². The van der Waals surface area contributed by atoms with Crippen LogP contribution in [0.1, 0.15) is 63.4 Å². The molecule has 2 fully saturated rings. The van der Waals surface area contributed by atoms with E-state index in [0.717, 1.165) is 43.4 Å². The fourth-order valence-corrected chi connectivity index (χ4v) is 4.83. The van der Waals surface area contributed by atoms with E-state index >= 15 is 0 Å². The Hall–Kier alpha value is -2.61. The van der Waals surface area contributed by atoms with Crippen molar-refractivity contribution in [2.75, 3.05) is 20.3 Å². The quantitative estimate of drug-likeness (QED) is 0.574. The Balaban J connectivity index is 1.22. The Kier molecular flexibility index (Phi) is 7.29. The summed E-state index contributed by atoms with van der Waals surface area (Å²) in [6.45, 7) is 0.824. The molecule has 0 spiro atoms. The average Bonchev–Trinajstić information content (AvgIpc) is 3.13. The van der Waals surface area contributed by atoms with Gasteiger partial charge in [-0.05, 0) is 38.2 Å². The summed E-state index contributed by atoms with van der Waals surface area (Å²) in [5.74, 6) is 1.20. The predicted octanol–water partition coefficient (Wildman–Crippen LogP) is 2.71. The molecule has 4 rings (SSSR count). The first-order valence-corrected chi connectivity index (χ1v) is 11.9. The van der Waals surface area contributed by atoms with Gasteiger partial charge in [0.1, 0.15) is 17.5 Å². The molecule has 1 unspecified atom stereocenters. The number of guanidine groups is 1. The standard InChI is InChI=1S/C24H34N4O4/c1-27(18-10-4-2-5-11-18)21(30)13-6-3-7-14-32-20-12-8-9-17-15-28-19(16-29)23(31)26-24(28)25-22(17)20/h8-9,12,18-19,29H,2-7,10-11,13-16H2,1H3,(H,25,26,31). The molecular weight excluding hydrogens is 408 g/mol. The molecule has 8 nitrogen and oxygen atoms in total. The third-order valence-electron chi connectivity index (χ3n) is 6.81. The van der Waals surface area contributed by atoms with Crippen LogP contribution >= 0.6 is 0 Å². The fraction of sp³-hybridized carbons (Fsp3) is 0.625. The van der Waals surface area contributed by atoms with Gasteiger partial charge in [-0.25, -0.2) is 4.99 Å². The normalized spacial score (nSPS) is 20.3. The Bertz CT molecular complexity index is 866. The molecule has 1 saturated carbocycles. The molecule has 2 amide bonds. The van der Waals surface area contributed by atoms with Crippen LogP contribution in [0.4, 0.5) is 5.69 Å². The fourth-order valence-electron chi connectivity index (χ4n) is 4.83. The van der Waals surface area contributed by atoms with Gasteiger partial charge in [0.15, 0.2) is 0 Å². The molecule has 0 bridgehead atoms. The molecule has 3 aliphatic rings. The summed E-state index contributed by atoms with van der Waals surface area (Å²) in [5.41, 5.74) is 1.71. The molecule has 1 aromatic rings. The Morgan fingerprint density at radius 3 is 2.84 bits per heavy atom. The molecule has 1 atom stereocenters. The van der Waals surface area contributed by atoms with Gasteiger partial charge in [0.25, 0.3) is 5.91 Å². The Morgan fingerprint density at radius 2 is 2.06 bits per heavy atom. The first kappa shape index (κ1) is 22.6. The number of aliphatic hydroxyl groups excluding tert-OH is 1. The van der Waals surface area contributed by atoms with Gasteiger partial charge in [-0.1, -0.05) is 31.4 Å².